The smallest absolute Gasteiger partial charge is 0.334 e. The van der Waals surface area contributed by atoms with E-state index in [9.17, 15) is 14.4 Å². The van der Waals surface area contributed by atoms with Gasteiger partial charge in [0.25, 0.3) is 0 Å². The van der Waals surface area contributed by atoms with Crippen molar-refractivity contribution < 1.29 is 24.2 Å². The third kappa shape index (κ3) is 6.12. The van der Waals surface area contributed by atoms with E-state index in [1.807, 2.05) is 20.8 Å². The molecular weight excluding hydrogens is 276 g/mol. The van der Waals surface area contributed by atoms with Crippen LogP contribution in [0.25, 0.3) is 0 Å². The number of rotatable bonds is 4. The number of hydrogen-bond acceptors (Lipinski definition) is 4. The number of morpholine rings is 1. The minimum Gasteiger partial charge on any atom is -0.479 e. The van der Waals surface area contributed by atoms with Crippen molar-refractivity contribution in [2.45, 2.75) is 46.3 Å². The Balaban J connectivity index is 2.47. The van der Waals surface area contributed by atoms with Gasteiger partial charge in [-0.25, -0.2) is 4.79 Å². The molecule has 2 N–H and O–H groups in total. The summed E-state index contributed by atoms with van der Waals surface area (Å²) in [6.45, 7) is 7.76. The van der Waals surface area contributed by atoms with Crippen molar-refractivity contribution in [3.63, 3.8) is 0 Å². The highest BCUT2D eigenvalue weighted by Crippen LogP contribution is 2.17. The maximum atomic E-state index is 12.0. The molecule has 7 heteroatoms. The number of nitrogens with zero attached hydrogens (tertiary/aromatic N) is 1. The number of carboxylic acids is 1. The Kier molecular flexibility index (Phi) is 5.71. The first-order valence-electron chi connectivity index (χ1n) is 7.01. The van der Waals surface area contributed by atoms with Crippen molar-refractivity contribution in [1.29, 1.82) is 0 Å². The third-order valence-electron chi connectivity index (χ3n) is 3.02. The fraction of sp³-hybridized carbons (Fsp3) is 0.786. The molecule has 1 aliphatic rings. The second-order valence-electron chi connectivity index (χ2n) is 6.59. The summed E-state index contributed by atoms with van der Waals surface area (Å²) < 4.78 is 5.24. The highest BCUT2D eigenvalue weighted by Gasteiger charge is 2.32. The molecule has 1 unspecified atom stereocenters. The van der Waals surface area contributed by atoms with E-state index in [0.29, 0.717) is 13.0 Å². The molecule has 120 valence electrons. The van der Waals surface area contributed by atoms with Gasteiger partial charge in [-0.15, -0.1) is 0 Å². The van der Waals surface area contributed by atoms with Gasteiger partial charge < -0.3 is 20.1 Å². The summed E-state index contributed by atoms with van der Waals surface area (Å²) in [7, 11) is 0. The molecule has 0 aliphatic carbocycles. The van der Waals surface area contributed by atoms with Crippen molar-refractivity contribution in [3.8, 4) is 0 Å². The average molecular weight is 300 g/mol. The van der Waals surface area contributed by atoms with Crippen LogP contribution in [-0.4, -0.2) is 59.6 Å². The quantitative estimate of drug-likeness (QED) is 0.775. The van der Waals surface area contributed by atoms with Crippen LogP contribution in [0.3, 0.4) is 0 Å². The summed E-state index contributed by atoms with van der Waals surface area (Å²) in [6.07, 6.45) is -1.02. The number of ether oxygens (including phenoxy) is 1. The predicted molar refractivity (Wildman–Crippen MR) is 75.6 cm³/mol. The molecule has 0 saturated carbocycles. The summed E-state index contributed by atoms with van der Waals surface area (Å²) in [5, 5.41) is 11.5. The molecule has 21 heavy (non-hydrogen) atoms. The zero-order valence-corrected chi connectivity index (χ0v) is 13.0. The lowest BCUT2D eigenvalue weighted by Crippen LogP contribution is -2.53. The Hall–Kier alpha value is -1.63. The second-order valence-corrected chi connectivity index (χ2v) is 6.59. The van der Waals surface area contributed by atoms with Gasteiger partial charge in [-0.2, -0.15) is 0 Å². The molecule has 1 saturated heterocycles. The average Bonchev–Trinajstić information content (AvgIpc) is 2.33. The molecule has 0 radical (unpaired) electrons. The number of carboxylic acid groups (broad SMARTS) is 1. The Labute approximate surface area is 124 Å². The van der Waals surface area contributed by atoms with Crippen LogP contribution < -0.4 is 5.32 Å². The molecule has 2 atom stereocenters. The first-order chi connectivity index (χ1) is 9.58. The maximum absolute atomic E-state index is 12.0. The molecule has 0 aromatic carbocycles. The Morgan fingerprint density at radius 1 is 1.29 bits per heavy atom. The van der Waals surface area contributed by atoms with E-state index in [0.717, 1.165) is 0 Å². The normalized spacial score (nSPS) is 22.8. The van der Waals surface area contributed by atoms with Crippen LogP contribution in [0.2, 0.25) is 0 Å². The number of aliphatic carboxylic acids is 1. The zero-order valence-electron chi connectivity index (χ0n) is 13.0. The summed E-state index contributed by atoms with van der Waals surface area (Å²) >= 11 is 0. The predicted octanol–water partition coefficient (Wildman–Crippen LogP) is 0.239. The molecule has 1 fully saturated rings. The molecule has 7 nitrogen and oxygen atoms in total. The van der Waals surface area contributed by atoms with Crippen molar-refractivity contribution in [1.82, 2.24) is 10.2 Å². The molecule has 0 aromatic rings. The molecular formula is C14H24N2O5. The largest absolute Gasteiger partial charge is 0.479 e. The van der Waals surface area contributed by atoms with Gasteiger partial charge in [-0.1, -0.05) is 20.8 Å². The Morgan fingerprint density at radius 2 is 1.90 bits per heavy atom. The zero-order chi connectivity index (χ0) is 16.2. The van der Waals surface area contributed by atoms with E-state index in [1.165, 1.54) is 4.90 Å². The number of hydrogen-bond donors (Lipinski definition) is 2. The van der Waals surface area contributed by atoms with Gasteiger partial charge in [0, 0.05) is 13.0 Å². The topological polar surface area (TPSA) is 95.9 Å². The van der Waals surface area contributed by atoms with Gasteiger partial charge in [0.2, 0.25) is 11.8 Å². The van der Waals surface area contributed by atoms with E-state index in [-0.39, 0.29) is 36.4 Å². The number of amides is 2. The molecule has 1 rings (SSSR count). The summed E-state index contributed by atoms with van der Waals surface area (Å²) in [6, 6.07) is 0. The lowest BCUT2D eigenvalue weighted by molar-refractivity contribution is -0.166. The van der Waals surface area contributed by atoms with E-state index >= 15 is 0 Å². The summed E-state index contributed by atoms with van der Waals surface area (Å²) in [4.78, 5) is 36.1. The van der Waals surface area contributed by atoms with Crippen LogP contribution >= 0.6 is 0 Å². The number of nitrogens with one attached hydrogen (secondary N) is 1. The van der Waals surface area contributed by atoms with Gasteiger partial charge >= 0.3 is 5.97 Å². The molecule has 0 bridgehead atoms. The van der Waals surface area contributed by atoms with Crippen molar-refractivity contribution >= 4 is 17.8 Å². The van der Waals surface area contributed by atoms with Crippen LogP contribution in [-0.2, 0) is 19.1 Å². The summed E-state index contributed by atoms with van der Waals surface area (Å²) in [5.41, 5.74) is -0.144. The van der Waals surface area contributed by atoms with Gasteiger partial charge in [-0.05, 0) is 12.3 Å². The van der Waals surface area contributed by atoms with Crippen LogP contribution in [0.1, 0.15) is 34.1 Å². The third-order valence-corrected chi connectivity index (χ3v) is 3.02. The molecule has 0 aromatic heterocycles. The second kappa shape index (κ2) is 6.89. The standard InChI is InChI=1S/C14H24N2O5/c1-9-7-16(8-10(21-9)13(19)20)12(18)6-15-11(17)5-14(2,3)4/h9-10H,5-8H2,1-4H3,(H,15,17)(H,19,20)/t9-,10?/m1/s1. The fourth-order valence-electron chi connectivity index (χ4n) is 2.12. The first kappa shape index (κ1) is 17.4. The first-order valence-corrected chi connectivity index (χ1v) is 7.01. The molecule has 1 heterocycles. The van der Waals surface area contributed by atoms with Crippen molar-refractivity contribution in [2.75, 3.05) is 19.6 Å². The lowest BCUT2D eigenvalue weighted by Gasteiger charge is -2.35. The monoisotopic (exact) mass is 300 g/mol. The fourth-order valence-corrected chi connectivity index (χ4v) is 2.12. The number of carbonyl (C=O) groups is 3. The minimum absolute atomic E-state index is 0.00759. The van der Waals surface area contributed by atoms with E-state index in [1.54, 1.807) is 6.92 Å². The highest BCUT2D eigenvalue weighted by molar-refractivity contribution is 5.85. The van der Waals surface area contributed by atoms with Gasteiger partial charge in [0.05, 0.1) is 19.2 Å². The molecule has 0 spiro atoms. The Bertz CT molecular complexity index is 416. The van der Waals surface area contributed by atoms with Gasteiger partial charge in [-0.3, -0.25) is 9.59 Å². The number of carbonyl (C=O) groups excluding carboxylic acids is 2. The van der Waals surface area contributed by atoms with Crippen molar-refractivity contribution in [3.05, 3.63) is 0 Å². The maximum Gasteiger partial charge on any atom is 0.334 e. The van der Waals surface area contributed by atoms with Gasteiger partial charge in [0.15, 0.2) is 6.10 Å². The van der Waals surface area contributed by atoms with Crippen LogP contribution in [0.4, 0.5) is 0 Å². The van der Waals surface area contributed by atoms with Crippen LogP contribution in [0, 0.1) is 5.41 Å². The lowest BCUT2D eigenvalue weighted by atomic mass is 9.92. The van der Waals surface area contributed by atoms with Crippen LogP contribution in [0.15, 0.2) is 0 Å². The Morgan fingerprint density at radius 3 is 2.43 bits per heavy atom. The molecule has 1 aliphatic heterocycles. The van der Waals surface area contributed by atoms with Crippen molar-refractivity contribution in [2.24, 2.45) is 5.41 Å². The van der Waals surface area contributed by atoms with Crippen LogP contribution in [0.5, 0.6) is 0 Å². The summed E-state index contributed by atoms with van der Waals surface area (Å²) in [5.74, 6) is -1.57. The van der Waals surface area contributed by atoms with E-state index in [4.69, 9.17) is 9.84 Å². The minimum atomic E-state index is -1.09. The SMILES string of the molecule is C[C@@H]1CN(C(=O)CNC(=O)CC(C)(C)C)CC(C(=O)O)O1. The van der Waals surface area contributed by atoms with Gasteiger partial charge in [0.1, 0.15) is 0 Å². The molecule has 2 amide bonds. The van der Waals surface area contributed by atoms with E-state index < -0.39 is 12.1 Å². The van der Waals surface area contributed by atoms with E-state index in [2.05, 4.69) is 5.32 Å². The highest BCUT2D eigenvalue weighted by atomic mass is 16.5.